The molecular weight excluding hydrogens is 460 g/mol. The van der Waals surface area contributed by atoms with E-state index in [9.17, 15) is 19.5 Å². The van der Waals surface area contributed by atoms with Gasteiger partial charge in [0.1, 0.15) is 19.0 Å². The van der Waals surface area contributed by atoms with E-state index in [2.05, 4.69) is 10.6 Å². The predicted octanol–water partition coefficient (Wildman–Crippen LogP) is 4.64. The highest BCUT2D eigenvalue weighted by Crippen LogP contribution is 2.18. The highest BCUT2D eigenvalue weighted by atomic mass is 16.6. The van der Waals surface area contributed by atoms with Gasteiger partial charge in [-0.3, -0.25) is 4.79 Å². The lowest BCUT2D eigenvalue weighted by Crippen LogP contribution is -2.38. The predicted molar refractivity (Wildman–Crippen MR) is 135 cm³/mol. The SMILES string of the molecule is O=C(NC1CCC(O)CC1)OCc1ccccc1.O=C1CCC(NC(=O)OCc2ccccc2)CC1. The highest BCUT2D eigenvalue weighted by Gasteiger charge is 2.21. The smallest absolute Gasteiger partial charge is 0.407 e. The fraction of sp³-hybridized carbons (Fsp3) is 0.464. The summed E-state index contributed by atoms with van der Waals surface area (Å²) in [6, 6.07) is 19.4. The van der Waals surface area contributed by atoms with Crippen molar-refractivity contribution in [3.05, 3.63) is 71.8 Å². The molecule has 36 heavy (non-hydrogen) atoms. The first kappa shape index (κ1) is 27.2. The number of aliphatic hydroxyl groups excluding tert-OH is 1. The zero-order chi connectivity index (χ0) is 25.6. The Labute approximate surface area is 212 Å². The molecule has 2 fully saturated rings. The number of ether oxygens (including phenoxy) is 2. The number of ketones is 1. The lowest BCUT2D eigenvalue weighted by molar-refractivity contribution is -0.120. The second kappa shape index (κ2) is 14.9. The zero-order valence-electron chi connectivity index (χ0n) is 20.6. The molecule has 0 atom stereocenters. The molecule has 0 bridgehead atoms. The molecule has 2 aliphatic carbocycles. The van der Waals surface area contributed by atoms with Crippen LogP contribution in [0.4, 0.5) is 9.59 Å². The van der Waals surface area contributed by atoms with Crippen LogP contribution < -0.4 is 10.6 Å². The minimum absolute atomic E-state index is 0.0750. The standard InChI is InChI=1S/C14H19NO3.C14H17NO3/c2*16-13-8-6-12(7-9-13)15-14(17)18-10-11-4-2-1-3-5-11/h1-5,12-13,16H,6-10H2,(H,15,17);1-5,12H,6-10H2,(H,15,17). The van der Waals surface area contributed by atoms with E-state index < -0.39 is 6.09 Å². The van der Waals surface area contributed by atoms with Crippen LogP contribution >= 0.6 is 0 Å². The Bertz CT molecular complexity index is 935. The number of amides is 2. The first-order chi connectivity index (χ1) is 17.5. The van der Waals surface area contributed by atoms with Crippen molar-refractivity contribution in [1.82, 2.24) is 10.6 Å². The number of benzene rings is 2. The van der Waals surface area contributed by atoms with E-state index in [-0.39, 0.29) is 36.7 Å². The van der Waals surface area contributed by atoms with Gasteiger partial charge in [0.2, 0.25) is 0 Å². The minimum Gasteiger partial charge on any atom is -0.445 e. The monoisotopic (exact) mass is 496 g/mol. The van der Waals surface area contributed by atoms with Crippen LogP contribution in [-0.2, 0) is 27.5 Å². The summed E-state index contributed by atoms with van der Waals surface area (Å²) in [7, 11) is 0. The Morgan fingerprint density at radius 3 is 1.56 bits per heavy atom. The molecule has 8 heteroatoms. The van der Waals surface area contributed by atoms with E-state index in [4.69, 9.17) is 9.47 Å². The summed E-state index contributed by atoms with van der Waals surface area (Å²) in [6.45, 7) is 0.570. The van der Waals surface area contributed by atoms with E-state index in [0.29, 0.717) is 19.4 Å². The van der Waals surface area contributed by atoms with Crippen LogP contribution in [-0.4, -0.2) is 41.3 Å². The van der Waals surface area contributed by atoms with Gasteiger partial charge in [0, 0.05) is 24.9 Å². The Kier molecular flexibility index (Phi) is 11.2. The van der Waals surface area contributed by atoms with Gasteiger partial charge in [-0.2, -0.15) is 0 Å². The van der Waals surface area contributed by atoms with Crippen LogP contribution in [0.3, 0.4) is 0 Å². The van der Waals surface area contributed by atoms with Gasteiger partial charge in [-0.25, -0.2) is 9.59 Å². The molecule has 2 saturated carbocycles. The van der Waals surface area contributed by atoms with Crippen LogP contribution in [0, 0.1) is 0 Å². The molecule has 0 spiro atoms. The summed E-state index contributed by atoms with van der Waals surface area (Å²) >= 11 is 0. The van der Waals surface area contributed by atoms with Crippen LogP contribution in [0.25, 0.3) is 0 Å². The van der Waals surface area contributed by atoms with Gasteiger partial charge in [0.15, 0.2) is 0 Å². The molecule has 3 N–H and O–H groups in total. The van der Waals surface area contributed by atoms with Crippen LogP contribution in [0.2, 0.25) is 0 Å². The Balaban J connectivity index is 0.000000201. The molecule has 0 aromatic heterocycles. The molecule has 0 unspecified atom stereocenters. The summed E-state index contributed by atoms with van der Waals surface area (Å²) in [5, 5.41) is 15.0. The van der Waals surface area contributed by atoms with E-state index in [1.165, 1.54) is 0 Å². The molecule has 2 aliphatic rings. The average Bonchev–Trinajstić information content (AvgIpc) is 2.91. The lowest BCUT2D eigenvalue weighted by Gasteiger charge is -2.25. The molecular formula is C28H36N2O6. The van der Waals surface area contributed by atoms with Gasteiger partial charge in [0.25, 0.3) is 0 Å². The molecule has 0 aliphatic heterocycles. The summed E-state index contributed by atoms with van der Waals surface area (Å²) in [5.41, 5.74) is 1.94. The second-order valence-electron chi connectivity index (χ2n) is 9.23. The number of alkyl carbamates (subject to hydrolysis) is 2. The molecule has 0 heterocycles. The summed E-state index contributed by atoms with van der Waals surface area (Å²) in [5.74, 6) is 0.283. The molecule has 194 valence electrons. The van der Waals surface area contributed by atoms with Crippen molar-refractivity contribution in [2.45, 2.75) is 82.8 Å². The molecule has 0 radical (unpaired) electrons. The number of hydrogen-bond acceptors (Lipinski definition) is 6. The third-order valence-electron chi connectivity index (χ3n) is 6.31. The van der Waals surface area contributed by atoms with Crippen molar-refractivity contribution >= 4 is 18.0 Å². The number of carbonyl (C=O) groups excluding carboxylic acids is 3. The summed E-state index contributed by atoms with van der Waals surface area (Å²) < 4.78 is 10.3. The first-order valence-electron chi connectivity index (χ1n) is 12.6. The zero-order valence-corrected chi connectivity index (χ0v) is 20.6. The van der Waals surface area contributed by atoms with Gasteiger partial charge in [-0.05, 0) is 49.7 Å². The number of Topliss-reactive ketones (excluding diaryl/α,β-unsaturated/α-hetero) is 1. The third-order valence-corrected chi connectivity index (χ3v) is 6.31. The molecule has 2 aromatic rings. The fourth-order valence-electron chi connectivity index (χ4n) is 4.17. The molecule has 2 aromatic carbocycles. The number of rotatable bonds is 6. The van der Waals surface area contributed by atoms with Crippen molar-refractivity contribution < 1.29 is 29.0 Å². The summed E-state index contributed by atoms with van der Waals surface area (Å²) in [4.78, 5) is 34.2. The van der Waals surface area contributed by atoms with Gasteiger partial charge >= 0.3 is 12.2 Å². The van der Waals surface area contributed by atoms with Gasteiger partial charge in [0.05, 0.1) is 6.10 Å². The summed E-state index contributed by atoms with van der Waals surface area (Å²) in [6.07, 6.45) is 4.73. The number of hydrogen-bond donors (Lipinski definition) is 3. The van der Waals surface area contributed by atoms with Gasteiger partial charge in [-0.1, -0.05) is 60.7 Å². The van der Waals surface area contributed by atoms with Gasteiger partial charge < -0.3 is 25.2 Å². The van der Waals surface area contributed by atoms with Crippen molar-refractivity contribution in [2.24, 2.45) is 0 Å². The number of carbonyl (C=O) groups is 3. The maximum Gasteiger partial charge on any atom is 0.407 e. The molecule has 8 nitrogen and oxygen atoms in total. The number of aliphatic hydroxyl groups is 1. The second-order valence-corrected chi connectivity index (χ2v) is 9.23. The lowest BCUT2D eigenvalue weighted by atomic mass is 9.93. The molecule has 0 saturated heterocycles. The molecule has 2 amide bonds. The minimum atomic E-state index is -0.404. The maximum atomic E-state index is 11.6. The van der Waals surface area contributed by atoms with Crippen LogP contribution in [0.5, 0.6) is 0 Å². The largest absolute Gasteiger partial charge is 0.445 e. The van der Waals surface area contributed by atoms with Crippen molar-refractivity contribution in [2.75, 3.05) is 0 Å². The highest BCUT2D eigenvalue weighted by molar-refractivity contribution is 5.79. The van der Waals surface area contributed by atoms with Crippen molar-refractivity contribution in [3.63, 3.8) is 0 Å². The van der Waals surface area contributed by atoms with Crippen molar-refractivity contribution in [1.29, 1.82) is 0 Å². The quantitative estimate of drug-likeness (QED) is 0.537. The Morgan fingerprint density at radius 2 is 1.11 bits per heavy atom. The van der Waals surface area contributed by atoms with E-state index in [1.54, 1.807) is 0 Å². The topological polar surface area (TPSA) is 114 Å². The average molecular weight is 497 g/mol. The molecule has 4 rings (SSSR count). The maximum absolute atomic E-state index is 11.6. The van der Waals surface area contributed by atoms with Crippen LogP contribution in [0.15, 0.2) is 60.7 Å². The van der Waals surface area contributed by atoms with E-state index >= 15 is 0 Å². The Morgan fingerprint density at radius 1 is 0.694 bits per heavy atom. The first-order valence-corrected chi connectivity index (χ1v) is 12.6. The van der Waals surface area contributed by atoms with Gasteiger partial charge in [-0.15, -0.1) is 0 Å². The fourth-order valence-corrected chi connectivity index (χ4v) is 4.17. The van der Waals surface area contributed by atoms with E-state index in [1.807, 2.05) is 60.7 Å². The third kappa shape index (κ3) is 10.5. The number of nitrogens with one attached hydrogen (secondary N) is 2. The normalized spacial score (nSPS) is 19.9. The van der Waals surface area contributed by atoms with Crippen molar-refractivity contribution in [3.8, 4) is 0 Å². The van der Waals surface area contributed by atoms with E-state index in [0.717, 1.165) is 49.7 Å². The Hall–Kier alpha value is -3.39. The van der Waals surface area contributed by atoms with Crippen LogP contribution in [0.1, 0.15) is 62.5 Å².